The molecule has 1 aliphatic heterocycles. The normalized spacial score (nSPS) is 14.2. The maximum absolute atomic E-state index is 15.2. The molecule has 10 heteroatoms. The monoisotopic (exact) mass is 571 g/mol. The number of nitrogens with zero attached hydrogens (tertiary/aromatic N) is 3. The van der Waals surface area contributed by atoms with Crippen LogP contribution in [-0.2, 0) is 0 Å². The number of carbonyl (C=O) groups is 1. The van der Waals surface area contributed by atoms with Gasteiger partial charge >= 0.3 is 0 Å². The number of amides is 1. The van der Waals surface area contributed by atoms with Gasteiger partial charge in [-0.1, -0.05) is 0 Å². The minimum atomic E-state index is -0.569. The summed E-state index contributed by atoms with van der Waals surface area (Å²) in [5.41, 5.74) is 1.93. The van der Waals surface area contributed by atoms with Gasteiger partial charge in [0.2, 0.25) is 0 Å². The van der Waals surface area contributed by atoms with Crippen molar-refractivity contribution in [1.29, 1.82) is 0 Å². The SMILES string of the molecule is CN1CCC(c2cc3nccc(Oc4ccc(Nc5ncccc5C(=O)Nc5ccc(F)cc5)cc4F)c3s2)CC1. The number of benzene rings is 2. The lowest BCUT2D eigenvalue weighted by atomic mass is 9.95. The summed E-state index contributed by atoms with van der Waals surface area (Å²) in [6.07, 6.45) is 5.42. The molecule has 0 unspecified atom stereocenters. The maximum atomic E-state index is 15.2. The fraction of sp³-hybridized carbons (Fsp3) is 0.194. The molecule has 1 fully saturated rings. The summed E-state index contributed by atoms with van der Waals surface area (Å²) in [4.78, 5) is 25.3. The zero-order chi connectivity index (χ0) is 28.3. The van der Waals surface area contributed by atoms with E-state index in [0.717, 1.165) is 36.1 Å². The molecule has 1 saturated heterocycles. The van der Waals surface area contributed by atoms with Crippen molar-refractivity contribution in [3.8, 4) is 11.5 Å². The Morgan fingerprint density at radius 1 is 0.951 bits per heavy atom. The van der Waals surface area contributed by atoms with Crippen LogP contribution in [0.1, 0.15) is 34.0 Å². The Morgan fingerprint density at radius 3 is 2.51 bits per heavy atom. The number of hydrogen-bond donors (Lipinski definition) is 2. The summed E-state index contributed by atoms with van der Waals surface area (Å²) in [5.74, 6) is -0.0333. The van der Waals surface area contributed by atoms with Gasteiger partial charge in [0.05, 0.1) is 15.8 Å². The Balaban J connectivity index is 1.18. The predicted octanol–water partition coefficient (Wildman–Crippen LogP) is 7.57. The molecule has 2 aromatic carbocycles. The lowest BCUT2D eigenvalue weighted by Gasteiger charge is -2.28. The van der Waals surface area contributed by atoms with Gasteiger partial charge in [-0.15, -0.1) is 11.3 Å². The highest BCUT2D eigenvalue weighted by molar-refractivity contribution is 7.19. The number of ether oxygens (including phenoxy) is 1. The van der Waals surface area contributed by atoms with Crippen LogP contribution < -0.4 is 15.4 Å². The van der Waals surface area contributed by atoms with E-state index in [1.165, 1.54) is 47.5 Å². The lowest BCUT2D eigenvalue weighted by molar-refractivity contribution is 0.102. The van der Waals surface area contributed by atoms with Crippen molar-refractivity contribution in [2.24, 2.45) is 0 Å². The van der Waals surface area contributed by atoms with E-state index in [2.05, 4.69) is 38.6 Å². The van der Waals surface area contributed by atoms with Crippen LogP contribution in [0, 0.1) is 11.6 Å². The number of fused-ring (bicyclic) bond motifs is 1. The van der Waals surface area contributed by atoms with Crippen molar-refractivity contribution < 1.29 is 18.3 Å². The molecule has 5 aromatic rings. The minimum Gasteiger partial charge on any atom is -0.453 e. The topological polar surface area (TPSA) is 79.4 Å². The van der Waals surface area contributed by atoms with E-state index in [0.29, 0.717) is 23.0 Å². The first-order valence-corrected chi connectivity index (χ1v) is 14.1. The van der Waals surface area contributed by atoms with Gasteiger partial charge in [0.15, 0.2) is 11.6 Å². The number of anilines is 3. The Kier molecular flexibility index (Phi) is 7.58. The largest absolute Gasteiger partial charge is 0.453 e. The molecule has 0 radical (unpaired) electrons. The fourth-order valence-electron chi connectivity index (χ4n) is 4.84. The van der Waals surface area contributed by atoms with Crippen LogP contribution in [0.5, 0.6) is 11.5 Å². The van der Waals surface area contributed by atoms with Crippen LogP contribution in [0.3, 0.4) is 0 Å². The summed E-state index contributed by atoms with van der Waals surface area (Å²) < 4.78 is 35.4. The van der Waals surface area contributed by atoms with Gasteiger partial charge in [-0.25, -0.2) is 13.8 Å². The van der Waals surface area contributed by atoms with Crippen molar-refractivity contribution in [2.75, 3.05) is 30.8 Å². The Labute approximate surface area is 239 Å². The van der Waals surface area contributed by atoms with Crippen LogP contribution in [0.2, 0.25) is 0 Å². The van der Waals surface area contributed by atoms with Gasteiger partial charge in [-0.3, -0.25) is 9.78 Å². The summed E-state index contributed by atoms with van der Waals surface area (Å²) in [5, 5.41) is 5.73. The molecule has 1 amide bonds. The zero-order valence-electron chi connectivity index (χ0n) is 22.2. The van der Waals surface area contributed by atoms with Crippen LogP contribution in [0.25, 0.3) is 10.2 Å². The smallest absolute Gasteiger partial charge is 0.259 e. The van der Waals surface area contributed by atoms with E-state index in [1.54, 1.807) is 41.8 Å². The number of rotatable bonds is 7. The molecule has 0 atom stereocenters. The number of hydrogen-bond acceptors (Lipinski definition) is 7. The van der Waals surface area contributed by atoms with Crippen molar-refractivity contribution in [1.82, 2.24) is 14.9 Å². The third kappa shape index (κ3) is 6.03. The average Bonchev–Trinajstić information content (AvgIpc) is 3.42. The molecular weight excluding hydrogens is 544 g/mol. The molecule has 4 heterocycles. The summed E-state index contributed by atoms with van der Waals surface area (Å²) in [6, 6.07) is 17.0. The summed E-state index contributed by atoms with van der Waals surface area (Å²) >= 11 is 1.66. The molecule has 3 aromatic heterocycles. The first-order valence-electron chi connectivity index (χ1n) is 13.3. The van der Waals surface area contributed by atoms with Gasteiger partial charge in [0.1, 0.15) is 17.4 Å². The third-order valence-corrected chi connectivity index (χ3v) is 8.39. The minimum absolute atomic E-state index is 0.0765. The lowest BCUT2D eigenvalue weighted by Crippen LogP contribution is -2.28. The van der Waals surface area contributed by atoms with Gasteiger partial charge in [-0.2, -0.15) is 0 Å². The molecule has 41 heavy (non-hydrogen) atoms. The van der Waals surface area contributed by atoms with E-state index in [-0.39, 0.29) is 17.1 Å². The number of nitrogens with one attached hydrogen (secondary N) is 2. The van der Waals surface area contributed by atoms with Crippen LogP contribution >= 0.6 is 11.3 Å². The van der Waals surface area contributed by atoms with Crippen molar-refractivity contribution >= 4 is 44.7 Å². The molecule has 208 valence electrons. The first-order chi connectivity index (χ1) is 19.9. The summed E-state index contributed by atoms with van der Waals surface area (Å²) in [7, 11) is 2.15. The highest BCUT2D eigenvalue weighted by atomic mass is 32.1. The number of aromatic nitrogens is 2. The predicted molar refractivity (Wildman–Crippen MR) is 157 cm³/mol. The molecule has 1 aliphatic rings. The highest BCUT2D eigenvalue weighted by Gasteiger charge is 2.22. The molecule has 0 aliphatic carbocycles. The van der Waals surface area contributed by atoms with Crippen molar-refractivity contribution in [3.05, 3.63) is 101 Å². The Hall–Kier alpha value is -4.41. The Bertz CT molecular complexity index is 1700. The van der Waals surface area contributed by atoms with Gasteiger partial charge in [-0.05, 0) is 93.5 Å². The molecule has 2 N–H and O–H groups in total. The van der Waals surface area contributed by atoms with Crippen molar-refractivity contribution in [3.63, 3.8) is 0 Å². The highest BCUT2D eigenvalue weighted by Crippen LogP contribution is 2.41. The second-order valence-electron chi connectivity index (χ2n) is 9.98. The number of piperidine rings is 1. The third-order valence-electron chi connectivity index (χ3n) is 7.08. The Morgan fingerprint density at radius 2 is 1.73 bits per heavy atom. The molecule has 0 spiro atoms. The second-order valence-corrected chi connectivity index (χ2v) is 11.1. The van der Waals surface area contributed by atoms with E-state index < -0.39 is 17.5 Å². The number of thiophene rings is 1. The van der Waals surface area contributed by atoms with E-state index in [4.69, 9.17) is 4.74 Å². The molecular formula is C31H27F2N5O2S. The maximum Gasteiger partial charge on any atom is 0.259 e. The van der Waals surface area contributed by atoms with Gasteiger partial charge < -0.3 is 20.3 Å². The van der Waals surface area contributed by atoms with Crippen LogP contribution in [0.15, 0.2) is 79.1 Å². The summed E-state index contributed by atoms with van der Waals surface area (Å²) in [6.45, 7) is 2.14. The number of likely N-dealkylation sites (tertiary alicyclic amines) is 1. The zero-order valence-corrected chi connectivity index (χ0v) is 23.1. The van der Waals surface area contributed by atoms with Gasteiger partial charge in [0.25, 0.3) is 5.91 Å². The van der Waals surface area contributed by atoms with Crippen molar-refractivity contribution in [2.45, 2.75) is 18.8 Å². The van der Waals surface area contributed by atoms with Crippen LogP contribution in [0.4, 0.5) is 26.0 Å². The quantitative estimate of drug-likeness (QED) is 0.210. The molecule has 7 nitrogen and oxygen atoms in total. The average molecular weight is 572 g/mol. The molecule has 0 bridgehead atoms. The van der Waals surface area contributed by atoms with E-state index in [9.17, 15) is 9.18 Å². The van der Waals surface area contributed by atoms with Crippen LogP contribution in [-0.4, -0.2) is 40.9 Å². The first kappa shape index (κ1) is 26.8. The number of pyridine rings is 2. The molecule has 0 saturated carbocycles. The number of halogens is 2. The fourth-order valence-corrected chi connectivity index (χ4v) is 6.08. The molecule has 6 rings (SSSR count). The van der Waals surface area contributed by atoms with Gasteiger partial charge in [0, 0.05) is 40.8 Å². The standard InChI is InChI=1S/C31H27F2N5O2S/c1-38-15-11-19(12-16-38)28-18-25-29(41-28)27(10-14-34-25)40-26-9-8-22(17-24(26)33)36-30-23(3-2-13-35-30)31(39)37-21-6-4-20(32)5-7-21/h2-10,13-14,17-19H,11-12,15-16H2,1H3,(H,35,36)(H,37,39). The van der Waals surface area contributed by atoms with E-state index >= 15 is 4.39 Å². The van der Waals surface area contributed by atoms with E-state index in [1.807, 2.05) is 0 Å². The second kappa shape index (κ2) is 11.6. The number of carbonyl (C=O) groups excluding carboxylic acids is 1.